The van der Waals surface area contributed by atoms with E-state index in [2.05, 4.69) is 0 Å². The summed E-state index contributed by atoms with van der Waals surface area (Å²) in [5.41, 5.74) is 0.865. The summed E-state index contributed by atoms with van der Waals surface area (Å²) in [7, 11) is 0. The van der Waals surface area contributed by atoms with Gasteiger partial charge in [0.25, 0.3) is 0 Å². The van der Waals surface area contributed by atoms with Crippen molar-refractivity contribution in [3.8, 4) is 0 Å². The first-order chi connectivity index (χ1) is 8.88. The SMILES string of the molecule is Cc1ccc(F)cc1CC(C)(O)c1cccc(F)c1. The van der Waals surface area contributed by atoms with Gasteiger partial charge in [0.15, 0.2) is 0 Å². The Morgan fingerprint density at radius 2 is 1.74 bits per heavy atom. The first-order valence-corrected chi connectivity index (χ1v) is 6.12. The lowest BCUT2D eigenvalue weighted by Crippen LogP contribution is -2.25. The van der Waals surface area contributed by atoms with E-state index in [1.165, 1.54) is 24.3 Å². The number of hydrogen-bond donors (Lipinski definition) is 1. The number of rotatable bonds is 3. The third-order valence-electron chi connectivity index (χ3n) is 3.29. The maximum absolute atomic E-state index is 13.2. The molecular formula is C16H16F2O. The molecule has 0 amide bonds. The van der Waals surface area contributed by atoms with Crippen LogP contribution in [0.5, 0.6) is 0 Å². The van der Waals surface area contributed by atoms with Crippen molar-refractivity contribution in [3.63, 3.8) is 0 Å². The third-order valence-corrected chi connectivity index (χ3v) is 3.29. The molecular weight excluding hydrogens is 246 g/mol. The van der Waals surface area contributed by atoms with Crippen molar-refractivity contribution in [2.24, 2.45) is 0 Å². The van der Waals surface area contributed by atoms with E-state index in [1.54, 1.807) is 25.1 Å². The summed E-state index contributed by atoms with van der Waals surface area (Å²) >= 11 is 0. The van der Waals surface area contributed by atoms with Crippen LogP contribution in [0.15, 0.2) is 42.5 Å². The quantitative estimate of drug-likeness (QED) is 0.893. The smallest absolute Gasteiger partial charge is 0.123 e. The van der Waals surface area contributed by atoms with E-state index in [-0.39, 0.29) is 12.2 Å². The molecule has 0 fully saturated rings. The van der Waals surface area contributed by atoms with E-state index in [0.29, 0.717) is 11.1 Å². The monoisotopic (exact) mass is 262 g/mol. The Morgan fingerprint density at radius 3 is 2.42 bits per heavy atom. The highest BCUT2D eigenvalue weighted by Gasteiger charge is 2.24. The fourth-order valence-corrected chi connectivity index (χ4v) is 2.13. The van der Waals surface area contributed by atoms with Gasteiger partial charge in [-0.25, -0.2) is 8.78 Å². The normalized spacial score (nSPS) is 14.2. The van der Waals surface area contributed by atoms with Crippen molar-refractivity contribution in [2.45, 2.75) is 25.9 Å². The van der Waals surface area contributed by atoms with Gasteiger partial charge in [0, 0.05) is 6.42 Å². The summed E-state index contributed by atoms with van der Waals surface area (Å²) < 4.78 is 26.5. The standard InChI is InChI=1S/C16H16F2O/c1-11-6-7-15(18)8-12(11)10-16(2,19)13-4-3-5-14(17)9-13/h3-9,19H,10H2,1-2H3. The van der Waals surface area contributed by atoms with Crippen molar-refractivity contribution < 1.29 is 13.9 Å². The average Bonchev–Trinajstić information content (AvgIpc) is 2.33. The lowest BCUT2D eigenvalue weighted by Gasteiger charge is -2.25. The number of halogens is 2. The Labute approximate surface area is 111 Å². The maximum Gasteiger partial charge on any atom is 0.123 e. The molecule has 0 aliphatic heterocycles. The van der Waals surface area contributed by atoms with E-state index < -0.39 is 11.4 Å². The first-order valence-electron chi connectivity index (χ1n) is 6.12. The summed E-state index contributed by atoms with van der Waals surface area (Å²) in [6, 6.07) is 10.3. The van der Waals surface area contributed by atoms with Gasteiger partial charge in [0.05, 0.1) is 5.60 Å². The molecule has 100 valence electrons. The van der Waals surface area contributed by atoms with Crippen LogP contribution < -0.4 is 0 Å². The van der Waals surface area contributed by atoms with Gasteiger partial charge in [-0.1, -0.05) is 18.2 Å². The van der Waals surface area contributed by atoms with E-state index in [9.17, 15) is 13.9 Å². The van der Waals surface area contributed by atoms with Crippen molar-refractivity contribution in [2.75, 3.05) is 0 Å². The first kappa shape index (κ1) is 13.7. The molecule has 1 nitrogen and oxygen atoms in total. The van der Waals surface area contributed by atoms with E-state index in [0.717, 1.165) is 5.56 Å². The number of hydrogen-bond acceptors (Lipinski definition) is 1. The predicted octanol–water partition coefficient (Wildman–Crippen LogP) is 3.72. The van der Waals surface area contributed by atoms with Crippen LogP contribution in [0.25, 0.3) is 0 Å². The van der Waals surface area contributed by atoms with Gasteiger partial charge in [-0.3, -0.25) is 0 Å². The molecule has 0 saturated heterocycles. The minimum atomic E-state index is -1.24. The highest BCUT2D eigenvalue weighted by atomic mass is 19.1. The van der Waals surface area contributed by atoms with Gasteiger partial charge in [-0.15, -0.1) is 0 Å². The third kappa shape index (κ3) is 3.18. The zero-order chi connectivity index (χ0) is 14.0. The van der Waals surface area contributed by atoms with Crippen LogP contribution in [-0.2, 0) is 12.0 Å². The fraction of sp³-hybridized carbons (Fsp3) is 0.250. The maximum atomic E-state index is 13.2. The van der Waals surface area contributed by atoms with Crippen LogP contribution in [0.3, 0.4) is 0 Å². The Balaban J connectivity index is 2.33. The van der Waals surface area contributed by atoms with Gasteiger partial charge in [0.1, 0.15) is 11.6 Å². The molecule has 19 heavy (non-hydrogen) atoms. The van der Waals surface area contributed by atoms with Crippen LogP contribution in [0, 0.1) is 18.6 Å². The molecule has 0 saturated carbocycles. The van der Waals surface area contributed by atoms with E-state index in [4.69, 9.17) is 0 Å². The second kappa shape index (κ2) is 5.10. The zero-order valence-corrected chi connectivity index (χ0v) is 11.0. The molecule has 0 aromatic heterocycles. The zero-order valence-electron chi connectivity index (χ0n) is 11.0. The van der Waals surface area contributed by atoms with Crippen LogP contribution >= 0.6 is 0 Å². The number of aliphatic hydroxyl groups is 1. The van der Waals surface area contributed by atoms with Crippen molar-refractivity contribution in [1.82, 2.24) is 0 Å². The average molecular weight is 262 g/mol. The van der Waals surface area contributed by atoms with Crippen LogP contribution in [0.2, 0.25) is 0 Å². The lowest BCUT2D eigenvalue weighted by atomic mass is 9.87. The highest BCUT2D eigenvalue weighted by molar-refractivity contribution is 5.31. The van der Waals surface area contributed by atoms with Gasteiger partial charge >= 0.3 is 0 Å². The second-order valence-electron chi connectivity index (χ2n) is 5.03. The molecule has 1 atom stereocenters. The topological polar surface area (TPSA) is 20.2 Å². The number of benzene rings is 2. The van der Waals surface area contributed by atoms with Crippen LogP contribution in [0.4, 0.5) is 8.78 Å². The summed E-state index contributed by atoms with van der Waals surface area (Å²) in [4.78, 5) is 0. The summed E-state index contributed by atoms with van der Waals surface area (Å²) in [5.74, 6) is -0.732. The van der Waals surface area contributed by atoms with E-state index >= 15 is 0 Å². The Morgan fingerprint density at radius 1 is 1.05 bits per heavy atom. The van der Waals surface area contributed by atoms with Gasteiger partial charge < -0.3 is 5.11 Å². The van der Waals surface area contributed by atoms with Crippen molar-refractivity contribution in [3.05, 3.63) is 70.8 Å². The highest BCUT2D eigenvalue weighted by Crippen LogP contribution is 2.27. The summed E-state index contributed by atoms with van der Waals surface area (Å²) in [6.07, 6.45) is 0.236. The van der Waals surface area contributed by atoms with E-state index in [1.807, 2.05) is 6.92 Å². The molecule has 2 rings (SSSR count). The Kier molecular flexibility index (Phi) is 3.67. The van der Waals surface area contributed by atoms with Gasteiger partial charge in [-0.2, -0.15) is 0 Å². The van der Waals surface area contributed by atoms with Crippen molar-refractivity contribution >= 4 is 0 Å². The molecule has 0 spiro atoms. The molecule has 0 bridgehead atoms. The second-order valence-corrected chi connectivity index (χ2v) is 5.03. The lowest BCUT2D eigenvalue weighted by molar-refractivity contribution is 0.0570. The molecule has 0 aliphatic carbocycles. The largest absolute Gasteiger partial charge is 0.385 e. The van der Waals surface area contributed by atoms with Crippen LogP contribution in [0.1, 0.15) is 23.6 Å². The fourth-order valence-electron chi connectivity index (χ4n) is 2.13. The minimum absolute atomic E-state index is 0.236. The molecule has 3 heteroatoms. The van der Waals surface area contributed by atoms with Crippen LogP contribution in [-0.4, -0.2) is 5.11 Å². The summed E-state index contributed by atoms with van der Waals surface area (Å²) in [6.45, 7) is 3.46. The molecule has 0 heterocycles. The molecule has 0 aliphatic rings. The molecule has 1 unspecified atom stereocenters. The minimum Gasteiger partial charge on any atom is -0.385 e. The van der Waals surface area contributed by atoms with Gasteiger partial charge in [0.2, 0.25) is 0 Å². The molecule has 2 aromatic carbocycles. The Bertz CT molecular complexity index is 591. The Hall–Kier alpha value is -1.74. The molecule has 1 N–H and O–H groups in total. The predicted molar refractivity (Wildman–Crippen MR) is 70.8 cm³/mol. The number of aryl methyl sites for hydroxylation is 1. The van der Waals surface area contributed by atoms with Gasteiger partial charge in [-0.05, 0) is 54.8 Å². The van der Waals surface area contributed by atoms with Crippen molar-refractivity contribution in [1.29, 1.82) is 0 Å². The molecule has 2 aromatic rings. The summed E-state index contributed by atoms with van der Waals surface area (Å²) in [5, 5.41) is 10.5. The molecule has 0 radical (unpaired) electrons.